The zero-order valence-electron chi connectivity index (χ0n) is 23.3. The number of aromatic nitrogens is 3. The quantitative estimate of drug-likeness (QED) is 0.338. The first-order valence-electron chi connectivity index (χ1n) is 12.9. The Morgan fingerprint density at radius 2 is 1.72 bits per heavy atom. The Hall–Kier alpha value is -4.40. The minimum Gasteiger partial charge on any atom is -0.497 e. The van der Waals surface area contributed by atoms with Gasteiger partial charge in [-0.05, 0) is 69.2 Å². The number of carbonyl (C=O) groups excluding carboxylic acids is 2. The number of hydrogen-bond acceptors (Lipinski definition) is 6. The van der Waals surface area contributed by atoms with E-state index in [-0.39, 0.29) is 18.4 Å². The number of aryl methyl sites for hydroxylation is 1. The molecule has 1 atom stereocenters. The third kappa shape index (κ3) is 6.03. The summed E-state index contributed by atoms with van der Waals surface area (Å²) in [6, 6.07) is 19.2. The Balaban J connectivity index is 1.93. The zero-order valence-corrected chi connectivity index (χ0v) is 23.3. The number of ether oxygens (including phenoxy) is 2. The Morgan fingerprint density at radius 1 is 1.00 bits per heavy atom. The number of carbonyl (C=O) groups is 2. The number of methoxy groups -OCH3 is 2. The van der Waals surface area contributed by atoms with Gasteiger partial charge in [0.05, 0.1) is 19.7 Å². The first kappa shape index (κ1) is 27.6. The number of benzene rings is 3. The molecule has 39 heavy (non-hydrogen) atoms. The van der Waals surface area contributed by atoms with Gasteiger partial charge in [-0.2, -0.15) is 0 Å². The first-order valence-corrected chi connectivity index (χ1v) is 12.9. The molecule has 204 valence electrons. The van der Waals surface area contributed by atoms with Gasteiger partial charge in [-0.15, -0.1) is 5.10 Å². The number of anilines is 1. The summed E-state index contributed by atoms with van der Waals surface area (Å²) in [5.41, 5.74) is 2.91. The number of hydrogen-bond donors (Lipinski definition) is 1. The number of rotatable bonds is 9. The summed E-state index contributed by atoms with van der Waals surface area (Å²) in [5, 5.41) is 11.5. The van der Waals surface area contributed by atoms with E-state index in [0.717, 1.165) is 11.1 Å². The van der Waals surface area contributed by atoms with Crippen LogP contribution in [0.15, 0.2) is 66.7 Å². The maximum Gasteiger partial charge on any atom is 0.249 e. The SMILES string of the molecule is CCc1ccccc1N(C(=O)Cn1nnc2ccccc21)[C@@H](C(=O)NC(C)(C)C)c1cc(OC)ccc1OC. The molecule has 0 aliphatic heterocycles. The standard InChI is InChI=1S/C30H35N5O4/c1-7-20-12-8-10-14-24(20)35(27(36)19-34-25-15-11-9-13-23(25)32-33-34)28(29(37)31-30(2,3)4)22-18-21(38-5)16-17-26(22)39-6/h8-18,28H,7,19H2,1-6H3,(H,31,37)/t28-/m1/s1. The second-order valence-electron chi connectivity index (χ2n) is 10.2. The number of nitrogens with one attached hydrogen (secondary N) is 1. The van der Waals surface area contributed by atoms with Crippen LogP contribution in [0.4, 0.5) is 5.69 Å². The van der Waals surface area contributed by atoms with Crippen LogP contribution in [0.25, 0.3) is 11.0 Å². The molecule has 4 rings (SSSR count). The lowest BCUT2D eigenvalue weighted by atomic mass is 9.98. The predicted molar refractivity (Wildman–Crippen MR) is 151 cm³/mol. The maximum atomic E-state index is 14.3. The summed E-state index contributed by atoms with van der Waals surface area (Å²) in [7, 11) is 3.10. The average molecular weight is 530 g/mol. The van der Waals surface area contributed by atoms with E-state index < -0.39 is 11.6 Å². The molecule has 0 radical (unpaired) electrons. The van der Waals surface area contributed by atoms with E-state index in [4.69, 9.17) is 9.47 Å². The molecule has 9 nitrogen and oxygen atoms in total. The van der Waals surface area contributed by atoms with Crippen molar-refractivity contribution in [1.29, 1.82) is 0 Å². The number of fused-ring (bicyclic) bond motifs is 1. The van der Waals surface area contributed by atoms with Gasteiger partial charge in [0.2, 0.25) is 11.8 Å². The minimum absolute atomic E-state index is 0.121. The van der Waals surface area contributed by atoms with E-state index in [0.29, 0.717) is 34.7 Å². The summed E-state index contributed by atoms with van der Waals surface area (Å²) in [6.45, 7) is 7.60. The van der Waals surface area contributed by atoms with Crippen LogP contribution >= 0.6 is 0 Å². The van der Waals surface area contributed by atoms with Crippen LogP contribution < -0.4 is 19.7 Å². The van der Waals surface area contributed by atoms with Crippen LogP contribution in [0, 0.1) is 0 Å². The molecule has 0 bridgehead atoms. The molecule has 3 aromatic carbocycles. The van der Waals surface area contributed by atoms with Gasteiger partial charge in [0.25, 0.3) is 0 Å². The molecule has 0 saturated heterocycles. The summed E-state index contributed by atoms with van der Waals surface area (Å²) >= 11 is 0. The van der Waals surface area contributed by atoms with Gasteiger partial charge in [0, 0.05) is 16.8 Å². The van der Waals surface area contributed by atoms with Gasteiger partial charge < -0.3 is 14.8 Å². The van der Waals surface area contributed by atoms with Crippen LogP contribution in [0.5, 0.6) is 11.5 Å². The van der Waals surface area contributed by atoms with Crippen LogP contribution in [0.3, 0.4) is 0 Å². The molecular weight excluding hydrogens is 494 g/mol. The van der Waals surface area contributed by atoms with Gasteiger partial charge >= 0.3 is 0 Å². The summed E-state index contributed by atoms with van der Waals surface area (Å²) < 4.78 is 12.7. The summed E-state index contributed by atoms with van der Waals surface area (Å²) in [4.78, 5) is 30.0. The molecule has 0 unspecified atom stereocenters. The van der Waals surface area contributed by atoms with Crippen molar-refractivity contribution in [1.82, 2.24) is 20.3 Å². The molecule has 4 aromatic rings. The highest BCUT2D eigenvalue weighted by Crippen LogP contribution is 2.37. The van der Waals surface area contributed by atoms with Gasteiger partial charge in [-0.3, -0.25) is 14.5 Å². The van der Waals surface area contributed by atoms with Crippen LogP contribution in [0.1, 0.15) is 44.9 Å². The maximum absolute atomic E-state index is 14.3. The van der Waals surface area contributed by atoms with Crippen molar-refractivity contribution in [3.8, 4) is 11.5 Å². The topological polar surface area (TPSA) is 98.6 Å². The fourth-order valence-corrected chi connectivity index (χ4v) is 4.59. The van der Waals surface area contributed by atoms with Crippen molar-refractivity contribution in [3.05, 3.63) is 77.9 Å². The van der Waals surface area contributed by atoms with Crippen LogP contribution in [-0.2, 0) is 22.6 Å². The van der Waals surface area contributed by atoms with E-state index in [1.807, 2.05) is 76.2 Å². The minimum atomic E-state index is -1.07. The molecule has 2 amide bonds. The van der Waals surface area contributed by atoms with E-state index in [1.165, 1.54) is 7.11 Å². The molecule has 1 aromatic heterocycles. The van der Waals surface area contributed by atoms with Gasteiger partial charge in [0.15, 0.2) is 0 Å². The summed E-state index contributed by atoms with van der Waals surface area (Å²) in [6.07, 6.45) is 0.662. The molecule has 0 fully saturated rings. The van der Waals surface area contributed by atoms with Crippen LogP contribution in [0.2, 0.25) is 0 Å². The van der Waals surface area contributed by atoms with Crippen molar-refractivity contribution >= 4 is 28.5 Å². The number of amides is 2. The van der Waals surface area contributed by atoms with E-state index in [2.05, 4.69) is 15.6 Å². The van der Waals surface area contributed by atoms with E-state index in [1.54, 1.807) is 34.9 Å². The van der Waals surface area contributed by atoms with Crippen molar-refractivity contribution in [3.63, 3.8) is 0 Å². The van der Waals surface area contributed by atoms with Crippen molar-refractivity contribution < 1.29 is 19.1 Å². The second-order valence-corrected chi connectivity index (χ2v) is 10.2. The fraction of sp³-hybridized carbons (Fsp3) is 0.333. The van der Waals surface area contributed by atoms with E-state index >= 15 is 0 Å². The summed E-state index contributed by atoms with van der Waals surface area (Å²) in [5.74, 6) is 0.322. The fourth-order valence-electron chi connectivity index (χ4n) is 4.59. The second kappa shape index (κ2) is 11.6. The van der Waals surface area contributed by atoms with Gasteiger partial charge in [-0.1, -0.05) is 42.5 Å². The molecule has 1 heterocycles. The van der Waals surface area contributed by atoms with Crippen molar-refractivity contribution in [2.24, 2.45) is 0 Å². The first-order chi connectivity index (χ1) is 18.7. The third-order valence-corrected chi connectivity index (χ3v) is 6.34. The molecule has 0 saturated carbocycles. The Labute approximate surface area is 228 Å². The molecule has 0 spiro atoms. The number of nitrogens with zero attached hydrogens (tertiary/aromatic N) is 4. The zero-order chi connectivity index (χ0) is 28.2. The van der Waals surface area contributed by atoms with Gasteiger partial charge in [0.1, 0.15) is 29.6 Å². The Kier molecular flexibility index (Phi) is 8.18. The lowest BCUT2D eigenvalue weighted by Gasteiger charge is -2.35. The third-order valence-electron chi connectivity index (χ3n) is 6.34. The lowest BCUT2D eigenvalue weighted by Crippen LogP contribution is -2.50. The highest BCUT2D eigenvalue weighted by atomic mass is 16.5. The average Bonchev–Trinajstić information content (AvgIpc) is 3.32. The Bertz CT molecular complexity index is 1470. The highest BCUT2D eigenvalue weighted by molar-refractivity contribution is 6.02. The monoisotopic (exact) mass is 529 g/mol. The van der Waals surface area contributed by atoms with Crippen molar-refractivity contribution in [2.45, 2.75) is 52.2 Å². The molecule has 0 aliphatic carbocycles. The molecule has 9 heteroatoms. The van der Waals surface area contributed by atoms with Crippen LogP contribution in [-0.4, -0.2) is 46.6 Å². The van der Waals surface area contributed by atoms with Gasteiger partial charge in [-0.25, -0.2) is 4.68 Å². The largest absolute Gasteiger partial charge is 0.497 e. The lowest BCUT2D eigenvalue weighted by molar-refractivity contribution is -0.128. The Morgan fingerprint density at radius 3 is 2.41 bits per heavy atom. The van der Waals surface area contributed by atoms with E-state index in [9.17, 15) is 9.59 Å². The normalized spacial score (nSPS) is 12.2. The highest BCUT2D eigenvalue weighted by Gasteiger charge is 2.37. The molecular formula is C30H35N5O4. The molecule has 1 N–H and O–H groups in total. The number of para-hydroxylation sites is 2. The predicted octanol–water partition coefficient (Wildman–Crippen LogP) is 4.70. The smallest absolute Gasteiger partial charge is 0.249 e. The molecule has 0 aliphatic rings. The van der Waals surface area contributed by atoms with Crippen molar-refractivity contribution in [2.75, 3.05) is 19.1 Å².